The van der Waals surface area contributed by atoms with Gasteiger partial charge in [-0.05, 0) is 31.0 Å². The van der Waals surface area contributed by atoms with E-state index in [-0.39, 0.29) is 18.4 Å². The Morgan fingerprint density at radius 2 is 1.92 bits per heavy atom. The van der Waals surface area contributed by atoms with Crippen LogP contribution < -0.4 is 25.4 Å². The molecule has 2 rings (SSSR count). The molecule has 1 aliphatic rings. The molecule has 0 bridgehead atoms. The van der Waals surface area contributed by atoms with E-state index in [0.717, 1.165) is 5.56 Å². The van der Waals surface area contributed by atoms with Gasteiger partial charge in [-0.25, -0.2) is 4.79 Å². The van der Waals surface area contributed by atoms with Gasteiger partial charge in [0.15, 0.2) is 11.5 Å². The number of carbonyl (C=O) groups is 3. The van der Waals surface area contributed by atoms with E-state index >= 15 is 0 Å². The lowest BCUT2D eigenvalue weighted by Gasteiger charge is -2.28. The minimum Gasteiger partial charge on any atom is -0.493 e. The molecule has 1 saturated heterocycles. The molecule has 1 heterocycles. The third-order valence-electron chi connectivity index (χ3n) is 4.12. The van der Waals surface area contributed by atoms with Gasteiger partial charge in [0.05, 0.1) is 20.1 Å². The first kappa shape index (κ1) is 18.6. The van der Waals surface area contributed by atoms with E-state index in [9.17, 15) is 14.4 Å². The quantitative estimate of drug-likeness (QED) is 0.668. The predicted octanol–water partition coefficient (Wildman–Crippen LogP) is 0.597. The maximum absolute atomic E-state index is 12.0. The first-order valence-corrected chi connectivity index (χ1v) is 8.03. The zero-order valence-electron chi connectivity index (χ0n) is 14.5. The summed E-state index contributed by atoms with van der Waals surface area (Å²) in [6.45, 7) is 2.14. The second-order valence-electron chi connectivity index (χ2n) is 5.85. The zero-order valence-corrected chi connectivity index (χ0v) is 14.5. The maximum atomic E-state index is 12.0. The number of methoxy groups -OCH3 is 2. The number of ether oxygens (including phenoxy) is 2. The van der Waals surface area contributed by atoms with Crippen LogP contribution in [0.4, 0.5) is 4.79 Å². The molecule has 2 atom stereocenters. The van der Waals surface area contributed by atoms with E-state index in [1.54, 1.807) is 21.1 Å². The van der Waals surface area contributed by atoms with Crippen LogP contribution in [0.1, 0.15) is 18.9 Å². The Morgan fingerprint density at radius 1 is 1.20 bits per heavy atom. The predicted molar refractivity (Wildman–Crippen MR) is 90.5 cm³/mol. The first-order chi connectivity index (χ1) is 11.9. The van der Waals surface area contributed by atoms with Crippen molar-refractivity contribution in [2.45, 2.75) is 25.8 Å². The molecule has 3 N–H and O–H groups in total. The molecule has 8 nitrogen and oxygen atoms in total. The third-order valence-corrected chi connectivity index (χ3v) is 4.12. The van der Waals surface area contributed by atoms with E-state index in [0.29, 0.717) is 24.5 Å². The lowest BCUT2D eigenvalue weighted by molar-refractivity contribution is -0.131. The number of nitrogens with one attached hydrogen (secondary N) is 3. The average molecular weight is 349 g/mol. The van der Waals surface area contributed by atoms with Crippen molar-refractivity contribution in [2.75, 3.05) is 20.8 Å². The van der Waals surface area contributed by atoms with Gasteiger partial charge in [0.1, 0.15) is 0 Å². The fourth-order valence-electron chi connectivity index (χ4n) is 2.70. The largest absolute Gasteiger partial charge is 0.493 e. The van der Waals surface area contributed by atoms with Gasteiger partial charge < -0.3 is 20.1 Å². The lowest BCUT2D eigenvalue weighted by atomic mass is 9.94. The average Bonchev–Trinajstić information content (AvgIpc) is 2.58. The fourth-order valence-corrected chi connectivity index (χ4v) is 2.70. The molecule has 1 aromatic rings. The summed E-state index contributed by atoms with van der Waals surface area (Å²) in [5.74, 6) is 0.0538. The highest BCUT2D eigenvalue weighted by Crippen LogP contribution is 2.27. The normalized spacial score (nSPS) is 19.6. The number of imide groups is 1. The number of carbonyl (C=O) groups excluding carboxylic acids is 3. The molecule has 2 unspecified atom stereocenters. The minimum absolute atomic E-state index is 0.0270. The molecule has 1 fully saturated rings. The fraction of sp³-hybridized carbons (Fsp3) is 0.471. The Hall–Kier alpha value is -2.77. The van der Waals surface area contributed by atoms with Crippen molar-refractivity contribution in [3.8, 4) is 11.5 Å². The number of hydrogen-bond acceptors (Lipinski definition) is 5. The Morgan fingerprint density at radius 3 is 2.56 bits per heavy atom. The first-order valence-electron chi connectivity index (χ1n) is 8.03. The van der Waals surface area contributed by atoms with E-state index in [1.165, 1.54) is 0 Å². The van der Waals surface area contributed by atoms with Crippen molar-refractivity contribution < 1.29 is 23.9 Å². The van der Waals surface area contributed by atoms with E-state index in [2.05, 4.69) is 16.0 Å². The molecule has 0 saturated carbocycles. The number of benzene rings is 1. The molecule has 8 heteroatoms. The number of rotatable bonds is 7. The molecular weight excluding hydrogens is 326 g/mol. The van der Waals surface area contributed by atoms with Gasteiger partial charge >= 0.3 is 6.03 Å². The minimum atomic E-state index is -0.571. The van der Waals surface area contributed by atoms with Crippen LogP contribution in [0.5, 0.6) is 11.5 Å². The summed E-state index contributed by atoms with van der Waals surface area (Å²) in [4.78, 5) is 35.0. The summed E-state index contributed by atoms with van der Waals surface area (Å²) in [6.07, 6.45) is 0.647. The second-order valence-corrected chi connectivity index (χ2v) is 5.85. The number of hydrogen-bond donors (Lipinski definition) is 3. The highest BCUT2D eigenvalue weighted by molar-refractivity contribution is 6.00. The number of urea groups is 1. The molecule has 1 aliphatic heterocycles. The van der Waals surface area contributed by atoms with Crippen molar-refractivity contribution in [3.63, 3.8) is 0 Å². The highest BCUT2D eigenvalue weighted by Gasteiger charge is 2.33. The van der Waals surface area contributed by atoms with Crippen molar-refractivity contribution in [2.24, 2.45) is 5.92 Å². The molecule has 0 spiro atoms. The summed E-state index contributed by atoms with van der Waals surface area (Å²) < 4.78 is 10.4. The van der Waals surface area contributed by atoms with Gasteiger partial charge in [0.2, 0.25) is 11.8 Å². The summed E-state index contributed by atoms with van der Waals surface area (Å²) in [6, 6.07) is 4.67. The molecule has 0 radical (unpaired) electrons. The van der Waals surface area contributed by atoms with Crippen LogP contribution in [0, 0.1) is 5.92 Å². The molecular formula is C17H23N3O5. The Labute approximate surface area is 146 Å². The van der Waals surface area contributed by atoms with Gasteiger partial charge in [-0.3, -0.25) is 14.9 Å². The van der Waals surface area contributed by atoms with Crippen LogP contribution in [0.2, 0.25) is 0 Å². The van der Waals surface area contributed by atoms with E-state index in [1.807, 2.05) is 18.2 Å². The SMILES string of the molecule is COc1ccc(CCNC(=O)CC2C(=O)NC(=O)NC2C)cc1OC. The van der Waals surface area contributed by atoms with Gasteiger partial charge in [0, 0.05) is 19.0 Å². The summed E-state index contributed by atoms with van der Waals surface area (Å²) in [5, 5.41) is 7.56. The van der Waals surface area contributed by atoms with E-state index < -0.39 is 17.9 Å². The van der Waals surface area contributed by atoms with Gasteiger partial charge in [-0.15, -0.1) is 0 Å². The molecule has 136 valence electrons. The molecule has 0 aliphatic carbocycles. The van der Waals surface area contributed by atoms with E-state index in [4.69, 9.17) is 9.47 Å². The highest BCUT2D eigenvalue weighted by atomic mass is 16.5. The van der Waals surface area contributed by atoms with Crippen LogP contribution in [0.15, 0.2) is 18.2 Å². The summed E-state index contributed by atoms with van der Waals surface area (Å²) >= 11 is 0. The molecule has 0 aromatic heterocycles. The van der Waals surface area contributed by atoms with Crippen molar-refractivity contribution in [3.05, 3.63) is 23.8 Å². The number of amides is 4. The monoisotopic (exact) mass is 349 g/mol. The van der Waals surface area contributed by atoms with Gasteiger partial charge in [-0.1, -0.05) is 6.07 Å². The van der Waals surface area contributed by atoms with Gasteiger partial charge in [0.25, 0.3) is 0 Å². The van der Waals surface area contributed by atoms with Crippen LogP contribution in [-0.4, -0.2) is 44.7 Å². The molecule has 1 aromatic carbocycles. The summed E-state index contributed by atoms with van der Waals surface area (Å²) in [7, 11) is 3.14. The Kier molecular flexibility index (Phi) is 6.21. The molecule has 4 amide bonds. The topological polar surface area (TPSA) is 106 Å². The van der Waals surface area contributed by atoms with Crippen molar-refractivity contribution in [1.82, 2.24) is 16.0 Å². The van der Waals surface area contributed by atoms with Crippen molar-refractivity contribution in [1.29, 1.82) is 0 Å². The smallest absolute Gasteiger partial charge is 0.321 e. The van der Waals surface area contributed by atoms with Gasteiger partial charge in [-0.2, -0.15) is 0 Å². The summed E-state index contributed by atoms with van der Waals surface area (Å²) in [5.41, 5.74) is 0.994. The standard InChI is InChI=1S/C17H23N3O5/c1-10-12(16(22)20-17(23)19-10)9-15(21)18-7-6-11-4-5-13(24-2)14(8-11)25-3/h4-5,8,10,12H,6-7,9H2,1-3H3,(H,18,21)(H2,19,20,22,23). The van der Waals surface area contributed by atoms with Crippen LogP contribution >= 0.6 is 0 Å². The maximum Gasteiger partial charge on any atom is 0.321 e. The third kappa shape index (κ3) is 4.85. The van der Waals surface area contributed by atoms with Crippen LogP contribution in [0.3, 0.4) is 0 Å². The zero-order chi connectivity index (χ0) is 18.4. The van der Waals surface area contributed by atoms with Crippen LogP contribution in [0.25, 0.3) is 0 Å². The van der Waals surface area contributed by atoms with Crippen LogP contribution in [-0.2, 0) is 16.0 Å². The second kappa shape index (κ2) is 8.36. The lowest BCUT2D eigenvalue weighted by Crippen LogP contribution is -2.57. The molecule has 25 heavy (non-hydrogen) atoms. The Bertz CT molecular complexity index is 662. The Balaban J connectivity index is 1.82. The van der Waals surface area contributed by atoms with Crippen molar-refractivity contribution >= 4 is 17.8 Å².